The van der Waals surface area contributed by atoms with E-state index in [1.807, 2.05) is 25.1 Å². The topological polar surface area (TPSA) is 40.5 Å². The fourth-order valence-corrected chi connectivity index (χ4v) is 2.92. The van der Waals surface area contributed by atoms with Gasteiger partial charge in [0, 0.05) is 46.4 Å². The van der Waals surface area contributed by atoms with E-state index >= 15 is 0 Å². The first-order chi connectivity index (χ1) is 10.6. The molecular formula is C16H16Br2NO3Y-. The van der Waals surface area contributed by atoms with Gasteiger partial charge in [0.15, 0.2) is 0 Å². The molecule has 2 rings (SSSR count). The molecule has 0 spiro atoms. The number of methoxy groups -OCH3 is 1. The number of pyridine rings is 1. The molecular weight excluding hydrogens is 503 g/mol. The summed E-state index contributed by atoms with van der Waals surface area (Å²) in [4.78, 5) is 12.2. The number of nitrogens with zero attached hydrogens (tertiary/aromatic N) is 1. The maximum atomic E-state index is 12.2. The van der Waals surface area contributed by atoms with Crippen molar-refractivity contribution < 1.29 is 42.2 Å². The molecule has 0 N–H and O–H groups in total. The van der Waals surface area contributed by atoms with Crippen LogP contribution in [0.3, 0.4) is 0 Å². The van der Waals surface area contributed by atoms with Gasteiger partial charge >= 0.3 is 0 Å². The third kappa shape index (κ3) is 5.23. The van der Waals surface area contributed by atoms with Crippen LogP contribution < -0.4 is 10.3 Å². The van der Waals surface area contributed by atoms with Crippen molar-refractivity contribution in [2.45, 2.75) is 13.5 Å². The maximum absolute atomic E-state index is 12.2. The summed E-state index contributed by atoms with van der Waals surface area (Å²) in [5.41, 5.74) is 1.57. The van der Waals surface area contributed by atoms with Crippen LogP contribution in [0.25, 0.3) is 11.3 Å². The van der Waals surface area contributed by atoms with Crippen LogP contribution in [-0.4, -0.2) is 24.9 Å². The summed E-state index contributed by atoms with van der Waals surface area (Å²) in [5, 5.41) is 0. The molecule has 0 fully saturated rings. The number of hydrogen-bond acceptors (Lipinski definition) is 3. The molecule has 23 heavy (non-hydrogen) atoms. The predicted octanol–water partition coefficient (Wildman–Crippen LogP) is 3.88. The molecule has 0 saturated heterocycles. The van der Waals surface area contributed by atoms with Crippen LogP contribution in [0.5, 0.6) is 5.75 Å². The van der Waals surface area contributed by atoms with E-state index in [2.05, 4.69) is 37.9 Å². The smallest absolute Gasteiger partial charge is 0.208 e. The molecule has 0 aliphatic heterocycles. The number of halogens is 2. The van der Waals surface area contributed by atoms with Crippen molar-refractivity contribution in [2.24, 2.45) is 0 Å². The molecule has 2 aromatic rings. The Morgan fingerprint density at radius 2 is 1.96 bits per heavy atom. The number of rotatable bonds is 6. The molecule has 1 aromatic carbocycles. The van der Waals surface area contributed by atoms with Gasteiger partial charge in [0.2, 0.25) is 5.56 Å². The molecule has 121 valence electrons. The fraction of sp³-hybridized carbons (Fsp3) is 0.312. The zero-order valence-electron chi connectivity index (χ0n) is 12.9. The Balaban J connectivity index is 0.00000264. The average molecular weight is 519 g/mol. The molecule has 1 aromatic heterocycles. The monoisotopic (exact) mass is 517 g/mol. The molecule has 0 unspecified atom stereocenters. The normalized spacial score (nSPS) is 10.3. The summed E-state index contributed by atoms with van der Waals surface area (Å²) in [6.45, 7) is 3.53. The second-order valence-corrected chi connectivity index (χ2v) is 6.23. The molecule has 0 aliphatic carbocycles. The first-order valence-electron chi connectivity index (χ1n) is 6.81. The summed E-state index contributed by atoms with van der Waals surface area (Å²) in [7, 11) is 1.63. The van der Waals surface area contributed by atoms with E-state index in [1.165, 1.54) is 0 Å². The van der Waals surface area contributed by atoms with Gasteiger partial charge in [-0.2, -0.15) is 12.1 Å². The first kappa shape index (κ1) is 21.0. The Morgan fingerprint density at radius 1 is 1.22 bits per heavy atom. The first-order valence-corrected chi connectivity index (χ1v) is 8.39. The Hall–Kier alpha value is -0.00610. The van der Waals surface area contributed by atoms with Gasteiger partial charge in [0.05, 0.1) is 6.61 Å². The number of ether oxygens (including phenoxy) is 2. The molecule has 0 saturated carbocycles. The second kappa shape index (κ2) is 10.1. The quantitative estimate of drug-likeness (QED) is 0.430. The van der Waals surface area contributed by atoms with E-state index in [0.29, 0.717) is 24.2 Å². The van der Waals surface area contributed by atoms with E-state index in [0.717, 1.165) is 21.5 Å². The second-order valence-electron chi connectivity index (χ2n) is 4.52. The largest absolute Gasteiger partial charge is 0.491 e. The van der Waals surface area contributed by atoms with Crippen LogP contribution in [0.1, 0.15) is 6.92 Å². The third-order valence-corrected chi connectivity index (χ3v) is 4.35. The standard InChI is InChI=1S/C16H16Br2NO3.Y/c1-3-19-15(7-6-13(17)16(19)20)12-5-4-11(10-14(12)18)22-9-8-21-2;/h4-6,10H,3,8-9H2,1-2H3;/q-1;. The fourth-order valence-electron chi connectivity index (χ4n) is 2.05. The summed E-state index contributed by atoms with van der Waals surface area (Å²) >= 11 is 6.79. The van der Waals surface area contributed by atoms with Crippen LogP contribution in [0.4, 0.5) is 0 Å². The molecule has 1 heterocycles. The van der Waals surface area contributed by atoms with Gasteiger partial charge in [0.25, 0.3) is 0 Å². The Morgan fingerprint density at radius 3 is 2.57 bits per heavy atom. The molecule has 7 heteroatoms. The molecule has 1 radical (unpaired) electrons. The van der Waals surface area contributed by atoms with Crippen LogP contribution in [0.2, 0.25) is 0 Å². The maximum Gasteiger partial charge on any atom is 0.208 e. The summed E-state index contributed by atoms with van der Waals surface area (Å²) in [6, 6.07) is 10.5. The minimum atomic E-state index is -0.0661. The zero-order valence-corrected chi connectivity index (χ0v) is 18.9. The number of aromatic nitrogens is 1. The summed E-state index contributed by atoms with van der Waals surface area (Å²) in [5.74, 6) is 0.746. The van der Waals surface area contributed by atoms with Crippen molar-refractivity contribution in [1.29, 1.82) is 0 Å². The number of hydrogen-bond donors (Lipinski definition) is 0. The minimum absolute atomic E-state index is 0. The average Bonchev–Trinajstić information content (AvgIpc) is 2.51. The summed E-state index contributed by atoms with van der Waals surface area (Å²) in [6.07, 6.45) is 0. The van der Waals surface area contributed by atoms with Crippen LogP contribution in [-0.2, 0) is 44.0 Å². The molecule has 0 atom stereocenters. The van der Waals surface area contributed by atoms with Gasteiger partial charge in [-0.25, -0.2) is 0 Å². The molecule has 0 aliphatic rings. The molecule has 0 bridgehead atoms. The van der Waals surface area contributed by atoms with Gasteiger partial charge in [-0.1, -0.05) is 27.2 Å². The van der Waals surface area contributed by atoms with Crippen LogP contribution in [0, 0.1) is 6.07 Å². The Bertz CT molecular complexity index is 719. The van der Waals surface area contributed by atoms with Crippen molar-refractivity contribution in [3.05, 3.63) is 49.6 Å². The van der Waals surface area contributed by atoms with Crippen LogP contribution >= 0.6 is 31.9 Å². The molecule has 0 amide bonds. The molecule has 4 nitrogen and oxygen atoms in total. The van der Waals surface area contributed by atoms with Crippen LogP contribution in [0.15, 0.2) is 38.0 Å². The van der Waals surface area contributed by atoms with E-state index in [9.17, 15) is 4.79 Å². The minimum Gasteiger partial charge on any atom is -0.491 e. The van der Waals surface area contributed by atoms with Gasteiger partial charge in [-0.15, -0.1) is 22.0 Å². The SMILES string of the molecule is CCn1c(-c2ccc(OCCOC)cc2Br)[c-]cc(Br)c1=O.[Y]. The van der Waals surface area contributed by atoms with E-state index in [1.54, 1.807) is 17.7 Å². The van der Waals surface area contributed by atoms with Crippen molar-refractivity contribution in [2.75, 3.05) is 20.3 Å². The third-order valence-electron chi connectivity index (χ3n) is 3.12. The van der Waals surface area contributed by atoms with Gasteiger partial charge in [-0.3, -0.25) is 4.79 Å². The van der Waals surface area contributed by atoms with Crippen molar-refractivity contribution in [1.82, 2.24) is 4.57 Å². The Kier molecular flexibility index (Phi) is 9.23. The van der Waals surface area contributed by atoms with Gasteiger partial charge in [-0.05, 0) is 28.0 Å². The van der Waals surface area contributed by atoms with Gasteiger partial charge < -0.3 is 14.0 Å². The summed E-state index contributed by atoms with van der Waals surface area (Å²) < 4.78 is 13.6. The Labute approximate surface area is 177 Å². The van der Waals surface area contributed by atoms with Gasteiger partial charge in [0.1, 0.15) is 12.4 Å². The van der Waals surface area contributed by atoms with Crippen molar-refractivity contribution >= 4 is 31.9 Å². The van der Waals surface area contributed by atoms with Crippen molar-refractivity contribution in [3.63, 3.8) is 0 Å². The van der Waals surface area contributed by atoms with E-state index in [-0.39, 0.29) is 38.3 Å². The van der Waals surface area contributed by atoms with Crippen molar-refractivity contribution in [3.8, 4) is 17.0 Å². The van der Waals surface area contributed by atoms with E-state index in [4.69, 9.17) is 9.47 Å². The zero-order chi connectivity index (χ0) is 16.1. The number of benzene rings is 1. The predicted molar refractivity (Wildman–Crippen MR) is 93.4 cm³/mol. The van der Waals surface area contributed by atoms with E-state index < -0.39 is 0 Å².